The van der Waals surface area contributed by atoms with Crippen LogP contribution in [0.1, 0.15) is 80.1 Å². The minimum absolute atomic E-state index is 0.00603. The molecule has 394 valence electrons. The van der Waals surface area contributed by atoms with Crippen LogP contribution in [0, 0.1) is 42.4 Å². The molecule has 0 aliphatic carbocycles. The summed E-state index contributed by atoms with van der Waals surface area (Å²) in [4.78, 5) is 33.8. The Morgan fingerprint density at radius 1 is 0.564 bits per heavy atom. The fraction of sp³-hybridized carbons (Fsp3) is 0.219. The SMILES string of the molecule is CC(=O)C(Cc1ccccc1)NCc1cc(Cl)c(OCc2cccc(-c3cccc(COc4cc(OCc5cncc(C#N)c5)c(CCC(Cc5ccccc5)C(N)=O)cc4Cl)c3C)c2C)cc1OCc1cncc(C#N)c1. The molecule has 6 aromatic carbocycles. The van der Waals surface area contributed by atoms with Crippen LogP contribution in [-0.4, -0.2) is 27.7 Å². The number of Topliss-reactive ketones (excluding diaryl/α,β-unsaturated/α-hetero) is 1. The van der Waals surface area contributed by atoms with Crippen molar-refractivity contribution in [1.29, 1.82) is 10.5 Å². The van der Waals surface area contributed by atoms with Gasteiger partial charge in [-0.2, -0.15) is 10.5 Å². The number of carbonyl (C=O) groups excluding carboxylic acids is 2. The molecule has 0 bridgehead atoms. The number of hydrogen-bond donors (Lipinski definition) is 2. The van der Waals surface area contributed by atoms with Gasteiger partial charge in [-0.25, -0.2) is 0 Å². The van der Waals surface area contributed by atoms with Gasteiger partial charge in [-0.1, -0.05) is 120 Å². The summed E-state index contributed by atoms with van der Waals surface area (Å²) in [6.07, 6.45) is 8.25. The van der Waals surface area contributed by atoms with E-state index < -0.39 is 12.0 Å². The molecule has 1 amide bonds. The number of benzene rings is 6. The van der Waals surface area contributed by atoms with Crippen molar-refractivity contribution >= 4 is 34.9 Å². The van der Waals surface area contributed by atoms with Gasteiger partial charge in [0.15, 0.2) is 0 Å². The Bertz CT molecular complexity index is 3260. The zero-order valence-electron chi connectivity index (χ0n) is 43.6. The Morgan fingerprint density at radius 2 is 1.04 bits per heavy atom. The molecule has 2 aromatic heterocycles. The van der Waals surface area contributed by atoms with E-state index in [4.69, 9.17) is 47.9 Å². The fourth-order valence-electron chi connectivity index (χ4n) is 9.14. The molecule has 0 aliphatic rings. The molecule has 8 aromatic rings. The first-order valence-electron chi connectivity index (χ1n) is 25.5. The number of pyridine rings is 2. The van der Waals surface area contributed by atoms with Crippen molar-refractivity contribution < 1.29 is 28.5 Å². The lowest BCUT2D eigenvalue weighted by molar-refractivity contribution is -0.122. The Balaban J connectivity index is 0.992. The lowest BCUT2D eigenvalue weighted by Gasteiger charge is -2.20. The second-order valence-electron chi connectivity index (χ2n) is 19.1. The van der Waals surface area contributed by atoms with E-state index >= 15 is 0 Å². The van der Waals surface area contributed by atoms with Crippen LogP contribution < -0.4 is 30.0 Å². The normalized spacial score (nSPS) is 11.7. The minimum Gasteiger partial charge on any atom is -0.488 e. The fourth-order valence-corrected chi connectivity index (χ4v) is 9.62. The number of hydrogen-bond acceptors (Lipinski definition) is 11. The van der Waals surface area contributed by atoms with Crippen molar-refractivity contribution in [3.05, 3.63) is 235 Å². The number of aromatic nitrogens is 2. The molecule has 0 aliphatic heterocycles. The molecular formula is C64H58Cl2N6O6. The van der Waals surface area contributed by atoms with Gasteiger partial charge in [0.1, 0.15) is 67.3 Å². The van der Waals surface area contributed by atoms with Crippen LogP contribution in [0.25, 0.3) is 11.1 Å². The number of carbonyl (C=O) groups is 2. The molecule has 0 spiro atoms. The van der Waals surface area contributed by atoms with Crippen LogP contribution in [0.2, 0.25) is 10.0 Å². The van der Waals surface area contributed by atoms with Gasteiger partial charge in [-0.15, -0.1) is 0 Å². The van der Waals surface area contributed by atoms with Crippen molar-refractivity contribution in [2.24, 2.45) is 11.7 Å². The number of amides is 1. The highest BCUT2D eigenvalue weighted by Crippen LogP contribution is 2.38. The first-order valence-corrected chi connectivity index (χ1v) is 26.2. The number of rotatable bonds is 25. The molecule has 0 saturated heterocycles. The molecular weight excluding hydrogens is 1020 g/mol. The third kappa shape index (κ3) is 14.9. The third-order valence-electron chi connectivity index (χ3n) is 13.6. The van der Waals surface area contributed by atoms with E-state index in [9.17, 15) is 20.1 Å². The Labute approximate surface area is 465 Å². The van der Waals surface area contributed by atoms with E-state index in [1.807, 2.05) is 91.0 Å². The molecule has 2 heterocycles. The number of ketones is 1. The predicted molar refractivity (Wildman–Crippen MR) is 302 cm³/mol. The standard InChI is InChI=1S/C64H58Cl2N6O6/c1-41-52(39-77-62-28-60(75-37-48-22-46(30-67)32-70-34-48)50(26-57(62)65)20-21-51(64(69)74)24-44-12-6-4-7-13-44)16-10-18-55(41)56-19-11-17-53(42(56)2)40-78-63-29-61(76-38-49-23-47(31-68)33-71-35-49)54(27-58(63)66)36-72-59(43(3)73)25-45-14-8-5-9-15-45/h4-19,22-23,26-29,32-35,51,59,72H,20-21,24-25,36-40H2,1-3H3,(H2,69,74). The number of halogens is 2. The van der Waals surface area contributed by atoms with Crippen LogP contribution in [-0.2, 0) is 61.8 Å². The van der Waals surface area contributed by atoms with Gasteiger partial charge >= 0.3 is 0 Å². The van der Waals surface area contributed by atoms with Gasteiger partial charge in [0.25, 0.3) is 0 Å². The molecule has 0 radical (unpaired) electrons. The molecule has 0 fully saturated rings. The predicted octanol–water partition coefficient (Wildman–Crippen LogP) is 12.7. The van der Waals surface area contributed by atoms with E-state index in [0.717, 1.165) is 55.6 Å². The monoisotopic (exact) mass is 1080 g/mol. The second kappa shape index (κ2) is 27.0. The van der Waals surface area contributed by atoms with Crippen molar-refractivity contribution in [3.8, 4) is 46.3 Å². The van der Waals surface area contributed by atoms with Gasteiger partial charge in [0, 0.05) is 66.1 Å². The maximum atomic E-state index is 12.8. The van der Waals surface area contributed by atoms with Gasteiger partial charge in [0.2, 0.25) is 5.91 Å². The van der Waals surface area contributed by atoms with Crippen molar-refractivity contribution in [1.82, 2.24) is 15.3 Å². The number of nitrogens with one attached hydrogen (secondary N) is 1. The third-order valence-corrected chi connectivity index (χ3v) is 14.2. The summed E-state index contributed by atoms with van der Waals surface area (Å²) in [5.41, 5.74) is 17.7. The van der Waals surface area contributed by atoms with Crippen molar-refractivity contribution in [2.45, 2.75) is 85.5 Å². The van der Waals surface area contributed by atoms with Crippen LogP contribution >= 0.6 is 23.2 Å². The van der Waals surface area contributed by atoms with E-state index in [0.29, 0.717) is 81.0 Å². The average Bonchev–Trinajstić information content (AvgIpc) is 3.50. The molecule has 14 heteroatoms. The summed E-state index contributed by atoms with van der Waals surface area (Å²) in [6.45, 7) is 6.66. The van der Waals surface area contributed by atoms with Crippen LogP contribution in [0.4, 0.5) is 0 Å². The van der Waals surface area contributed by atoms with E-state index in [1.165, 1.54) is 12.4 Å². The summed E-state index contributed by atoms with van der Waals surface area (Å²) in [7, 11) is 0. The van der Waals surface area contributed by atoms with Crippen LogP contribution in [0.5, 0.6) is 23.0 Å². The number of nitriles is 2. The zero-order chi connectivity index (χ0) is 55.0. The van der Waals surface area contributed by atoms with E-state index in [-0.39, 0.29) is 44.7 Å². The molecule has 2 unspecified atom stereocenters. The zero-order valence-corrected chi connectivity index (χ0v) is 45.1. The quantitative estimate of drug-likeness (QED) is 0.0555. The lowest BCUT2D eigenvalue weighted by Crippen LogP contribution is -2.36. The number of primary amides is 1. The molecule has 3 N–H and O–H groups in total. The highest BCUT2D eigenvalue weighted by molar-refractivity contribution is 6.32. The summed E-state index contributed by atoms with van der Waals surface area (Å²) in [5.74, 6) is 1.06. The minimum atomic E-state index is -0.444. The lowest BCUT2D eigenvalue weighted by atomic mass is 9.91. The molecule has 0 saturated carbocycles. The van der Waals surface area contributed by atoms with Crippen molar-refractivity contribution in [2.75, 3.05) is 0 Å². The number of ether oxygens (including phenoxy) is 4. The Hall–Kier alpha value is -8.52. The Kier molecular flexibility index (Phi) is 19.3. The Morgan fingerprint density at radius 3 is 1.53 bits per heavy atom. The smallest absolute Gasteiger partial charge is 0.220 e. The topological polar surface area (TPSA) is 182 Å². The van der Waals surface area contributed by atoms with Gasteiger partial charge in [0.05, 0.1) is 27.2 Å². The highest BCUT2D eigenvalue weighted by atomic mass is 35.5. The molecule has 12 nitrogen and oxygen atoms in total. The van der Waals surface area contributed by atoms with Gasteiger partial charge in [-0.05, 0) is 121 Å². The maximum absolute atomic E-state index is 12.8. The summed E-state index contributed by atoms with van der Waals surface area (Å²) < 4.78 is 25.8. The first-order chi connectivity index (χ1) is 37.8. The van der Waals surface area contributed by atoms with Gasteiger partial charge < -0.3 is 30.0 Å². The molecule has 78 heavy (non-hydrogen) atoms. The summed E-state index contributed by atoms with van der Waals surface area (Å²) >= 11 is 14.0. The largest absolute Gasteiger partial charge is 0.488 e. The highest BCUT2D eigenvalue weighted by Gasteiger charge is 2.22. The summed E-state index contributed by atoms with van der Waals surface area (Å²) in [6, 6.07) is 46.2. The van der Waals surface area contributed by atoms with Gasteiger partial charge in [-0.3, -0.25) is 19.6 Å². The number of nitrogens with zero attached hydrogens (tertiary/aromatic N) is 4. The van der Waals surface area contributed by atoms with Crippen LogP contribution in [0.3, 0.4) is 0 Å². The first kappa shape index (κ1) is 55.7. The van der Waals surface area contributed by atoms with Crippen LogP contribution in [0.15, 0.2) is 158 Å². The summed E-state index contributed by atoms with van der Waals surface area (Å²) in [5, 5.41) is 23.1. The maximum Gasteiger partial charge on any atom is 0.220 e. The average molecular weight is 1080 g/mol. The van der Waals surface area contributed by atoms with E-state index in [1.54, 1.807) is 49.6 Å². The number of nitrogens with two attached hydrogens (primary N) is 1. The molecule has 8 rings (SSSR count). The second-order valence-corrected chi connectivity index (χ2v) is 19.9. The number of aryl methyl sites for hydroxylation is 1. The van der Waals surface area contributed by atoms with E-state index in [2.05, 4.69) is 53.4 Å². The van der Waals surface area contributed by atoms with Crippen molar-refractivity contribution in [3.63, 3.8) is 0 Å². The molecule has 2 atom stereocenters.